The average molecular weight is 363 g/mol. The molecule has 2 fully saturated rings. The van der Waals surface area contributed by atoms with Crippen molar-refractivity contribution >= 4 is 17.5 Å². The molecule has 2 aromatic rings. The topological polar surface area (TPSA) is 61.4 Å². The molecule has 27 heavy (non-hydrogen) atoms. The van der Waals surface area contributed by atoms with E-state index in [9.17, 15) is 9.59 Å². The summed E-state index contributed by atoms with van der Waals surface area (Å²) < 4.78 is 0. The van der Waals surface area contributed by atoms with Crippen LogP contribution in [-0.4, -0.2) is 35.8 Å². The Labute approximate surface area is 159 Å². The molecule has 5 nitrogen and oxygen atoms in total. The summed E-state index contributed by atoms with van der Waals surface area (Å²) >= 11 is 0. The summed E-state index contributed by atoms with van der Waals surface area (Å²) in [6, 6.07) is 17.1. The smallest absolute Gasteiger partial charge is 0.251 e. The molecule has 2 aliphatic rings. The van der Waals surface area contributed by atoms with Crippen molar-refractivity contribution in [2.45, 2.75) is 37.8 Å². The van der Waals surface area contributed by atoms with Crippen molar-refractivity contribution in [2.24, 2.45) is 0 Å². The first kappa shape index (κ1) is 17.6. The van der Waals surface area contributed by atoms with Crippen LogP contribution in [0.5, 0.6) is 0 Å². The van der Waals surface area contributed by atoms with Gasteiger partial charge in [-0.1, -0.05) is 30.3 Å². The third-order valence-corrected chi connectivity index (χ3v) is 5.17. The Kier molecular flexibility index (Phi) is 5.10. The van der Waals surface area contributed by atoms with E-state index in [0.29, 0.717) is 11.6 Å². The molecule has 1 heterocycles. The van der Waals surface area contributed by atoms with Crippen LogP contribution in [0.15, 0.2) is 54.6 Å². The second-order valence-corrected chi connectivity index (χ2v) is 7.35. The Morgan fingerprint density at radius 2 is 1.59 bits per heavy atom. The number of nitrogens with zero attached hydrogens (tertiary/aromatic N) is 1. The zero-order valence-corrected chi connectivity index (χ0v) is 15.4. The molecule has 0 radical (unpaired) electrons. The molecule has 4 rings (SSSR count). The van der Waals surface area contributed by atoms with Gasteiger partial charge in [0, 0.05) is 30.4 Å². The van der Waals surface area contributed by atoms with Crippen molar-refractivity contribution in [3.63, 3.8) is 0 Å². The van der Waals surface area contributed by atoms with Gasteiger partial charge >= 0.3 is 0 Å². The third kappa shape index (κ3) is 4.30. The summed E-state index contributed by atoms with van der Waals surface area (Å²) in [6.45, 7) is 1.65. The van der Waals surface area contributed by atoms with Gasteiger partial charge < -0.3 is 15.5 Å². The number of amides is 2. The highest BCUT2D eigenvalue weighted by molar-refractivity contribution is 5.95. The van der Waals surface area contributed by atoms with Crippen molar-refractivity contribution < 1.29 is 9.59 Å². The Morgan fingerprint density at radius 1 is 0.926 bits per heavy atom. The zero-order chi connectivity index (χ0) is 18.6. The highest BCUT2D eigenvalue weighted by Crippen LogP contribution is 2.24. The molecule has 1 aliphatic heterocycles. The summed E-state index contributed by atoms with van der Waals surface area (Å²) in [5.41, 5.74) is 2.43. The highest BCUT2D eigenvalue weighted by Gasteiger charge is 2.28. The first-order valence-corrected chi connectivity index (χ1v) is 9.72. The van der Waals surface area contributed by atoms with Crippen molar-refractivity contribution in [3.8, 4) is 0 Å². The van der Waals surface area contributed by atoms with Gasteiger partial charge in [-0.15, -0.1) is 0 Å². The lowest BCUT2D eigenvalue weighted by atomic mass is 10.0. The minimum absolute atomic E-state index is 0.0307. The summed E-state index contributed by atoms with van der Waals surface area (Å²) in [7, 11) is 0. The van der Waals surface area contributed by atoms with Crippen LogP contribution in [0.3, 0.4) is 0 Å². The first-order valence-electron chi connectivity index (χ1n) is 9.72. The van der Waals surface area contributed by atoms with Crippen LogP contribution in [0, 0.1) is 0 Å². The van der Waals surface area contributed by atoms with Gasteiger partial charge in [0.1, 0.15) is 6.04 Å². The van der Waals surface area contributed by atoms with Crippen molar-refractivity contribution in [2.75, 3.05) is 18.4 Å². The lowest BCUT2D eigenvalue weighted by Gasteiger charge is -2.25. The number of carbonyl (C=O) groups is 2. The maximum absolute atomic E-state index is 13.1. The average Bonchev–Trinajstić information content (AvgIpc) is 3.35. The van der Waals surface area contributed by atoms with E-state index in [1.807, 2.05) is 59.5 Å². The molecular weight excluding hydrogens is 338 g/mol. The van der Waals surface area contributed by atoms with Gasteiger partial charge in [-0.25, -0.2) is 0 Å². The molecule has 1 saturated heterocycles. The predicted octanol–water partition coefficient (Wildman–Crippen LogP) is 3.35. The van der Waals surface area contributed by atoms with Crippen molar-refractivity contribution in [3.05, 3.63) is 65.7 Å². The summed E-state index contributed by atoms with van der Waals surface area (Å²) in [5.74, 6) is 0.0751. The van der Waals surface area contributed by atoms with E-state index in [1.165, 1.54) is 0 Å². The van der Waals surface area contributed by atoms with Gasteiger partial charge in [0.05, 0.1) is 0 Å². The maximum atomic E-state index is 13.1. The van der Waals surface area contributed by atoms with Crippen LogP contribution in [0.4, 0.5) is 5.69 Å². The lowest BCUT2D eigenvalue weighted by molar-refractivity contribution is -0.131. The molecule has 2 N–H and O–H groups in total. The first-order chi connectivity index (χ1) is 13.2. The van der Waals surface area contributed by atoms with E-state index >= 15 is 0 Å². The van der Waals surface area contributed by atoms with Crippen LogP contribution >= 0.6 is 0 Å². The summed E-state index contributed by atoms with van der Waals surface area (Å²) in [5, 5.41) is 6.36. The fraction of sp³-hybridized carbons (Fsp3) is 0.364. The van der Waals surface area contributed by atoms with Gasteiger partial charge in [0.25, 0.3) is 5.91 Å². The van der Waals surface area contributed by atoms with Gasteiger partial charge in [-0.2, -0.15) is 0 Å². The van der Waals surface area contributed by atoms with Gasteiger partial charge in [0.15, 0.2) is 0 Å². The molecule has 140 valence electrons. The molecule has 0 spiro atoms. The Morgan fingerprint density at radius 3 is 2.22 bits per heavy atom. The lowest BCUT2D eigenvalue weighted by Crippen LogP contribution is -2.36. The van der Waals surface area contributed by atoms with E-state index in [4.69, 9.17) is 0 Å². The number of hydrogen-bond acceptors (Lipinski definition) is 3. The Balaban J connectivity index is 1.50. The number of likely N-dealkylation sites (tertiary alicyclic amines) is 1. The van der Waals surface area contributed by atoms with Crippen molar-refractivity contribution in [1.29, 1.82) is 0 Å². The monoisotopic (exact) mass is 363 g/mol. The molecule has 1 unspecified atom stereocenters. The van der Waals surface area contributed by atoms with Crippen molar-refractivity contribution in [1.82, 2.24) is 10.2 Å². The van der Waals surface area contributed by atoms with Crippen LogP contribution < -0.4 is 10.6 Å². The number of rotatable bonds is 6. The van der Waals surface area contributed by atoms with E-state index in [0.717, 1.165) is 50.0 Å². The standard InChI is InChI=1S/C22H25N3O2/c26-21(24-19-12-13-19)17-8-10-18(11-9-17)23-20(16-6-2-1-3-7-16)22(27)25-14-4-5-15-25/h1-3,6-11,19-20,23H,4-5,12-15H2,(H,24,26). The molecular formula is C22H25N3O2. The Hall–Kier alpha value is -2.82. The minimum Gasteiger partial charge on any atom is -0.370 e. The van der Waals surface area contributed by atoms with Crippen LogP contribution in [0.25, 0.3) is 0 Å². The van der Waals surface area contributed by atoms with Crippen LogP contribution in [-0.2, 0) is 4.79 Å². The molecule has 1 aliphatic carbocycles. The molecule has 1 saturated carbocycles. The summed E-state index contributed by atoms with van der Waals surface area (Å²) in [4.78, 5) is 27.1. The normalized spacial score (nSPS) is 17.4. The second kappa shape index (κ2) is 7.82. The fourth-order valence-electron chi connectivity index (χ4n) is 3.43. The zero-order valence-electron chi connectivity index (χ0n) is 15.4. The Bertz CT molecular complexity index is 794. The number of carbonyl (C=O) groups excluding carboxylic acids is 2. The quantitative estimate of drug-likeness (QED) is 0.827. The molecule has 2 aromatic carbocycles. The summed E-state index contributed by atoms with van der Waals surface area (Å²) in [6.07, 6.45) is 4.28. The minimum atomic E-state index is -0.421. The number of anilines is 1. The number of hydrogen-bond donors (Lipinski definition) is 2. The molecule has 0 aromatic heterocycles. The number of nitrogens with one attached hydrogen (secondary N) is 2. The molecule has 1 atom stereocenters. The van der Waals surface area contributed by atoms with Gasteiger partial charge in [-0.05, 0) is 55.5 Å². The van der Waals surface area contributed by atoms with Crippen LogP contribution in [0.1, 0.15) is 47.6 Å². The molecule has 5 heteroatoms. The number of benzene rings is 2. The largest absolute Gasteiger partial charge is 0.370 e. The maximum Gasteiger partial charge on any atom is 0.251 e. The second-order valence-electron chi connectivity index (χ2n) is 7.35. The van der Waals surface area contributed by atoms with E-state index in [-0.39, 0.29) is 11.8 Å². The van der Waals surface area contributed by atoms with E-state index < -0.39 is 6.04 Å². The fourth-order valence-corrected chi connectivity index (χ4v) is 3.43. The third-order valence-electron chi connectivity index (χ3n) is 5.17. The van der Waals surface area contributed by atoms with Gasteiger partial charge in [-0.3, -0.25) is 9.59 Å². The van der Waals surface area contributed by atoms with Crippen LogP contribution in [0.2, 0.25) is 0 Å². The SMILES string of the molecule is O=C(NC1CC1)c1ccc(NC(C(=O)N2CCCC2)c2ccccc2)cc1. The van der Waals surface area contributed by atoms with Gasteiger partial charge in [0.2, 0.25) is 5.91 Å². The molecule has 2 amide bonds. The van der Waals surface area contributed by atoms with E-state index in [1.54, 1.807) is 0 Å². The highest BCUT2D eigenvalue weighted by atomic mass is 16.2. The predicted molar refractivity (Wildman–Crippen MR) is 106 cm³/mol. The molecule has 0 bridgehead atoms. The van der Waals surface area contributed by atoms with E-state index in [2.05, 4.69) is 10.6 Å².